The minimum Gasteiger partial charge on any atom is -0.345 e. The minimum absolute atomic E-state index is 0.206. The lowest BCUT2D eigenvalue weighted by Crippen LogP contribution is -2.17. The average Bonchev–Trinajstić information content (AvgIpc) is 3.35. The van der Waals surface area contributed by atoms with Crippen LogP contribution in [0.2, 0.25) is 0 Å². The van der Waals surface area contributed by atoms with Gasteiger partial charge in [0.25, 0.3) is 0 Å². The molecule has 1 saturated carbocycles. The quantitative estimate of drug-likeness (QED) is 0.669. The summed E-state index contributed by atoms with van der Waals surface area (Å²) in [5.41, 5.74) is 2.53. The Morgan fingerprint density at radius 3 is 2.89 bits per heavy atom. The minimum atomic E-state index is -2.98. The highest BCUT2D eigenvalue weighted by atomic mass is 32.2. The molecule has 0 unspecified atom stereocenters. The first kappa shape index (κ1) is 18.4. The molecule has 1 aliphatic rings. The molecule has 4 rings (SSSR count). The SMILES string of the molecule is CCCCS(=O)(=O)C[C@H]1C[C@@H](CC)[C@@H](c2nnc3cnc4[nH]ccc4n23)C1. The second-order valence-corrected chi connectivity index (χ2v) is 10.0. The van der Waals surface area contributed by atoms with Gasteiger partial charge in [0.1, 0.15) is 5.82 Å². The number of unbranched alkanes of at least 4 members (excludes halogenated alkanes) is 1. The maximum Gasteiger partial charge on any atom is 0.179 e. The van der Waals surface area contributed by atoms with Gasteiger partial charge in [-0.25, -0.2) is 13.4 Å². The molecule has 27 heavy (non-hydrogen) atoms. The maximum atomic E-state index is 12.4. The third kappa shape index (κ3) is 3.47. The number of hydrogen-bond acceptors (Lipinski definition) is 5. The van der Waals surface area contributed by atoms with Gasteiger partial charge < -0.3 is 4.98 Å². The van der Waals surface area contributed by atoms with E-state index in [-0.39, 0.29) is 11.8 Å². The van der Waals surface area contributed by atoms with Gasteiger partial charge in [0.2, 0.25) is 0 Å². The lowest BCUT2D eigenvalue weighted by Gasteiger charge is -2.16. The highest BCUT2D eigenvalue weighted by Crippen LogP contribution is 2.45. The largest absolute Gasteiger partial charge is 0.345 e. The maximum absolute atomic E-state index is 12.4. The fraction of sp³-hybridized carbons (Fsp3) is 0.632. The summed E-state index contributed by atoms with van der Waals surface area (Å²) in [6, 6.07) is 1.99. The second kappa shape index (κ2) is 7.22. The van der Waals surface area contributed by atoms with Crippen molar-refractivity contribution >= 4 is 26.6 Å². The van der Waals surface area contributed by atoms with Crippen LogP contribution in [0.3, 0.4) is 0 Å². The summed E-state index contributed by atoms with van der Waals surface area (Å²) in [6.07, 6.45) is 8.10. The van der Waals surface area contributed by atoms with Crippen LogP contribution in [-0.2, 0) is 9.84 Å². The normalized spacial score (nSPS) is 23.6. The molecule has 1 fully saturated rings. The van der Waals surface area contributed by atoms with E-state index in [2.05, 4.69) is 31.5 Å². The zero-order valence-electron chi connectivity index (χ0n) is 15.9. The number of rotatable bonds is 7. The zero-order chi connectivity index (χ0) is 19.0. The number of nitrogens with one attached hydrogen (secondary N) is 1. The van der Waals surface area contributed by atoms with Crippen molar-refractivity contribution in [3.63, 3.8) is 0 Å². The molecule has 0 saturated heterocycles. The highest BCUT2D eigenvalue weighted by molar-refractivity contribution is 7.91. The predicted octanol–water partition coefficient (Wildman–Crippen LogP) is 3.34. The van der Waals surface area contributed by atoms with E-state index in [0.717, 1.165) is 54.7 Å². The van der Waals surface area contributed by atoms with E-state index in [0.29, 0.717) is 17.4 Å². The number of nitrogens with zero attached hydrogens (tertiary/aromatic N) is 4. The molecule has 1 aliphatic carbocycles. The molecule has 0 radical (unpaired) electrons. The third-order valence-corrected chi connectivity index (χ3v) is 7.80. The van der Waals surface area contributed by atoms with Crippen molar-refractivity contribution in [2.75, 3.05) is 11.5 Å². The van der Waals surface area contributed by atoms with Crippen molar-refractivity contribution < 1.29 is 8.42 Å². The fourth-order valence-electron chi connectivity index (χ4n) is 4.59. The fourth-order valence-corrected chi connectivity index (χ4v) is 6.47. The van der Waals surface area contributed by atoms with Crippen LogP contribution in [0.5, 0.6) is 0 Å². The van der Waals surface area contributed by atoms with Crippen molar-refractivity contribution in [3.05, 3.63) is 24.3 Å². The second-order valence-electron chi connectivity index (χ2n) is 7.80. The van der Waals surface area contributed by atoms with Crippen LogP contribution < -0.4 is 0 Å². The Kier molecular flexibility index (Phi) is 4.92. The van der Waals surface area contributed by atoms with E-state index in [4.69, 9.17) is 0 Å². The molecule has 3 aromatic heterocycles. The number of aromatic amines is 1. The van der Waals surface area contributed by atoms with Crippen LogP contribution in [-0.4, -0.2) is 44.5 Å². The Hall–Kier alpha value is -1.96. The van der Waals surface area contributed by atoms with Gasteiger partial charge in [0.05, 0.1) is 23.2 Å². The monoisotopic (exact) mass is 389 g/mol. The number of sulfone groups is 1. The summed E-state index contributed by atoms with van der Waals surface area (Å²) in [7, 11) is -2.98. The molecule has 1 N–H and O–H groups in total. The number of fused-ring (bicyclic) bond motifs is 3. The lowest BCUT2D eigenvalue weighted by atomic mass is 9.93. The molecule has 0 amide bonds. The van der Waals surface area contributed by atoms with E-state index >= 15 is 0 Å². The molecular weight excluding hydrogens is 362 g/mol. The lowest BCUT2D eigenvalue weighted by molar-refractivity contribution is 0.447. The Morgan fingerprint density at radius 1 is 1.26 bits per heavy atom. The third-order valence-electron chi connectivity index (χ3n) is 5.91. The van der Waals surface area contributed by atoms with Crippen molar-refractivity contribution in [1.29, 1.82) is 0 Å². The zero-order valence-corrected chi connectivity index (χ0v) is 16.7. The molecule has 146 valence electrons. The molecular formula is C19H27N5O2S. The van der Waals surface area contributed by atoms with Crippen LogP contribution >= 0.6 is 0 Å². The number of hydrogen-bond donors (Lipinski definition) is 1. The molecule has 3 aromatic rings. The first-order chi connectivity index (χ1) is 13.0. The number of H-pyrrole nitrogens is 1. The van der Waals surface area contributed by atoms with E-state index in [1.165, 1.54) is 0 Å². The summed E-state index contributed by atoms with van der Waals surface area (Å²) in [5.74, 6) is 2.43. The Balaban J connectivity index is 1.64. The first-order valence-electron chi connectivity index (χ1n) is 9.90. The van der Waals surface area contributed by atoms with Gasteiger partial charge in [0, 0.05) is 12.1 Å². The molecule has 0 aromatic carbocycles. The summed E-state index contributed by atoms with van der Waals surface area (Å²) in [5, 5.41) is 8.82. The summed E-state index contributed by atoms with van der Waals surface area (Å²) >= 11 is 0. The molecule has 0 spiro atoms. The van der Waals surface area contributed by atoms with Crippen LogP contribution in [0.25, 0.3) is 16.8 Å². The van der Waals surface area contributed by atoms with Gasteiger partial charge in [-0.05, 0) is 37.2 Å². The van der Waals surface area contributed by atoms with E-state index in [9.17, 15) is 8.42 Å². The van der Waals surface area contributed by atoms with Gasteiger partial charge in [-0.3, -0.25) is 4.40 Å². The summed E-state index contributed by atoms with van der Waals surface area (Å²) < 4.78 is 27.0. The van der Waals surface area contributed by atoms with E-state index in [1.807, 2.05) is 19.2 Å². The molecule has 0 aliphatic heterocycles. The van der Waals surface area contributed by atoms with Crippen LogP contribution in [0.4, 0.5) is 0 Å². The number of aromatic nitrogens is 5. The van der Waals surface area contributed by atoms with E-state index in [1.54, 1.807) is 6.20 Å². The van der Waals surface area contributed by atoms with Crippen LogP contribution in [0.15, 0.2) is 18.5 Å². The molecule has 8 heteroatoms. The van der Waals surface area contributed by atoms with Crippen molar-refractivity contribution in [2.24, 2.45) is 11.8 Å². The summed E-state index contributed by atoms with van der Waals surface area (Å²) in [4.78, 5) is 7.52. The van der Waals surface area contributed by atoms with Crippen LogP contribution in [0.1, 0.15) is 57.7 Å². The van der Waals surface area contributed by atoms with Gasteiger partial charge in [-0.2, -0.15) is 0 Å². The standard InChI is InChI=1S/C19H27N5O2S/c1-3-5-8-27(25,26)12-13-9-14(4-2)15(10-13)19-23-22-17-11-21-18-16(24(17)19)6-7-20-18/h6-7,11,13-15,20H,3-5,8-10,12H2,1-2H3/t13-,14+,15-/m0/s1. The van der Waals surface area contributed by atoms with Gasteiger partial charge in [-0.1, -0.05) is 26.7 Å². The van der Waals surface area contributed by atoms with Gasteiger partial charge in [0.15, 0.2) is 21.1 Å². The molecule has 3 heterocycles. The van der Waals surface area contributed by atoms with Crippen LogP contribution in [0, 0.1) is 11.8 Å². The van der Waals surface area contributed by atoms with Crippen molar-refractivity contribution in [3.8, 4) is 0 Å². The van der Waals surface area contributed by atoms with Gasteiger partial charge in [-0.15, -0.1) is 10.2 Å². The Morgan fingerprint density at radius 2 is 2.11 bits per heavy atom. The summed E-state index contributed by atoms with van der Waals surface area (Å²) in [6.45, 7) is 4.21. The average molecular weight is 390 g/mol. The highest BCUT2D eigenvalue weighted by Gasteiger charge is 2.38. The predicted molar refractivity (Wildman–Crippen MR) is 105 cm³/mol. The Labute approximate surface area is 159 Å². The van der Waals surface area contributed by atoms with E-state index < -0.39 is 9.84 Å². The topological polar surface area (TPSA) is 93.0 Å². The molecule has 3 atom stereocenters. The van der Waals surface area contributed by atoms with Gasteiger partial charge >= 0.3 is 0 Å². The van der Waals surface area contributed by atoms with Crippen molar-refractivity contribution in [2.45, 2.75) is 51.9 Å². The molecule has 0 bridgehead atoms. The first-order valence-corrected chi connectivity index (χ1v) is 11.7. The Bertz CT molecular complexity index is 1040. The van der Waals surface area contributed by atoms with Crippen molar-refractivity contribution in [1.82, 2.24) is 24.6 Å². The smallest absolute Gasteiger partial charge is 0.179 e. The molecule has 7 nitrogen and oxygen atoms in total.